The number of halogens is 1. The van der Waals surface area contributed by atoms with Crippen molar-refractivity contribution in [3.05, 3.63) is 52.2 Å². The van der Waals surface area contributed by atoms with Crippen molar-refractivity contribution in [1.29, 1.82) is 5.26 Å². The Hall–Kier alpha value is -3.51. The third kappa shape index (κ3) is 4.98. The van der Waals surface area contributed by atoms with Gasteiger partial charge in [-0.15, -0.1) is 0 Å². The van der Waals surface area contributed by atoms with Crippen LogP contribution in [0.3, 0.4) is 0 Å². The van der Waals surface area contributed by atoms with E-state index < -0.39 is 5.82 Å². The molecule has 0 radical (unpaired) electrons. The third-order valence-corrected chi connectivity index (χ3v) is 6.81. The molecule has 1 N–H and O–H groups in total. The molecule has 0 aliphatic carbocycles. The number of hydrogen-bond acceptors (Lipinski definition) is 7. The number of nitriles is 1. The van der Waals surface area contributed by atoms with Crippen molar-refractivity contribution in [2.75, 3.05) is 36.4 Å². The Morgan fingerprint density at radius 3 is 2.46 bits per heavy atom. The van der Waals surface area contributed by atoms with Gasteiger partial charge in [-0.2, -0.15) is 10.2 Å². The van der Waals surface area contributed by atoms with Crippen molar-refractivity contribution in [3.63, 3.8) is 0 Å². The van der Waals surface area contributed by atoms with Crippen LogP contribution in [0.2, 0.25) is 0 Å². The van der Waals surface area contributed by atoms with Gasteiger partial charge in [0.15, 0.2) is 0 Å². The van der Waals surface area contributed by atoms with Gasteiger partial charge in [-0.1, -0.05) is 13.8 Å². The van der Waals surface area contributed by atoms with E-state index in [1.807, 2.05) is 26.0 Å². The quantitative estimate of drug-likeness (QED) is 0.538. The average Bonchev–Trinajstić information content (AvgIpc) is 2.87. The Labute approximate surface area is 205 Å². The molecule has 1 aliphatic heterocycles. The molecule has 1 aliphatic rings. The zero-order valence-electron chi connectivity index (χ0n) is 20.8. The molecule has 9 heteroatoms. The lowest BCUT2D eigenvalue weighted by atomic mass is 10.1. The number of nitrogens with one attached hydrogen (secondary N) is 1. The van der Waals surface area contributed by atoms with E-state index in [0.717, 1.165) is 31.9 Å². The highest BCUT2D eigenvalue weighted by Crippen LogP contribution is 2.26. The molecule has 2 aromatic heterocycles. The molecule has 0 bridgehead atoms. The summed E-state index contributed by atoms with van der Waals surface area (Å²) >= 11 is 0. The molecule has 0 saturated carbocycles. The van der Waals surface area contributed by atoms with Crippen LogP contribution in [0, 0.1) is 17.1 Å². The van der Waals surface area contributed by atoms with Gasteiger partial charge in [0.05, 0.1) is 5.69 Å². The van der Waals surface area contributed by atoms with Crippen LogP contribution in [0.5, 0.6) is 0 Å². The number of piperazine rings is 1. The molecule has 0 amide bonds. The van der Waals surface area contributed by atoms with E-state index in [4.69, 9.17) is 0 Å². The fourth-order valence-electron chi connectivity index (χ4n) is 4.67. The molecule has 0 atom stereocenters. The lowest BCUT2D eigenvalue weighted by Gasteiger charge is -2.38. The Morgan fingerprint density at radius 1 is 1.14 bits per heavy atom. The SMILES string of the molecule is CCC(CC)n1c(=O)c(C#N)cc2cnc(Nc3ccc(N4CCN(C(C)C)CC4)cc3F)nc21. The van der Waals surface area contributed by atoms with Gasteiger partial charge < -0.3 is 10.2 Å². The number of anilines is 3. The van der Waals surface area contributed by atoms with Crippen molar-refractivity contribution < 1.29 is 4.39 Å². The predicted octanol–water partition coefficient (Wildman–Crippen LogP) is 4.44. The number of benzene rings is 1. The van der Waals surface area contributed by atoms with Crippen LogP contribution in [0.4, 0.5) is 21.7 Å². The van der Waals surface area contributed by atoms with Gasteiger partial charge in [0.2, 0.25) is 5.95 Å². The van der Waals surface area contributed by atoms with Gasteiger partial charge in [0.25, 0.3) is 5.56 Å². The zero-order chi connectivity index (χ0) is 25.1. The molecule has 1 saturated heterocycles. The fourth-order valence-corrected chi connectivity index (χ4v) is 4.67. The van der Waals surface area contributed by atoms with Crippen molar-refractivity contribution in [1.82, 2.24) is 19.4 Å². The largest absolute Gasteiger partial charge is 0.369 e. The Morgan fingerprint density at radius 2 is 1.86 bits per heavy atom. The second-order valence-electron chi connectivity index (χ2n) is 9.19. The average molecular weight is 478 g/mol. The number of fused-ring (bicyclic) bond motifs is 1. The van der Waals surface area contributed by atoms with Gasteiger partial charge in [0, 0.05) is 55.5 Å². The predicted molar refractivity (Wildman–Crippen MR) is 137 cm³/mol. The van der Waals surface area contributed by atoms with Crippen molar-refractivity contribution in [2.45, 2.75) is 52.6 Å². The zero-order valence-corrected chi connectivity index (χ0v) is 20.8. The minimum absolute atomic E-state index is 0.0598. The first-order chi connectivity index (χ1) is 16.9. The standard InChI is InChI=1S/C26H32FN7O/c1-5-20(6-2)34-24-19(13-18(15-28)25(34)35)16-29-26(31-24)30-23-8-7-21(14-22(23)27)33-11-9-32(10-12-33)17(3)4/h7-8,13-14,16-17,20H,5-6,9-12H2,1-4H3,(H,29,30,31). The highest BCUT2D eigenvalue weighted by atomic mass is 19.1. The third-order valence-electron chi connectivity index (χ3n) is 6.81. The van der Waals surface area contributed by atoms with Gasteiger partial charge >= 0.3 is 0 Å². The summed E-state index contributed by atoms with van der Waals surface area (Å²) in [5.41, 5.74) is 1.23. The van der Waals surface area contributed by atoms with Crippen molar-refractivity contribution >= 4 is 28.4 Å². The van der Waals surface area contributed by atoms with Crippen LogP contribution in [0.1, 0.15) is 52.1 Å². The molecule has 8 nitrogen and oxygen atoms in total. The van der Waals surface area contributed by atoms with Gasteiger partial charge in [0.1, 0.15) is 23.1 Å². The Bertz CT molecular complexity index is 1300. The van der Waals surface area contributed by atoms with E-state index in [1.165, 1.54) is 12.1 Å². The number of aromatic nitrogens is 3. The topological polar surface area (TPSA) is 90.1 Å². The maximum absolute atomic E-state index is 15.0. The first kappa shape index (κ1) is 24.6. The summed E-state index contributed by atoms with van der Waals surface area (Å²) in [5.74, 6) is -0.201. The molecule has 3 aromatic rings. The van der Waals surface area contributed by atoms with E-state index in [2.05, 4.69) is 38.9 Å². The molecular formula is C26H32FN7O. The first-order valence-electron chi connectivity index (χ1n) is 12.2. The second-order valence-corrected chi connectivity index (χ2v) is 9.19. The first-order valence-corrected chi connectivity index (χ1v) is 12.2. The van der Waals surface area contributed by atoms with E-state index in [0.29, 0.717) is 29.9 Å². The molecule has 4 rings (SSSR count). The van der Waals surface area contributed by atoms with Crippen LogP contribution in [-0.4, -0.2) is 51.7 Å². The summed E-state index contributed by atoms with van der Waals surface area (Å²) < 4.78 is 16.6. The number of pyridine rings is 1. The summed E-state index contributed by atoms with van der Waals surface area (Å²) in [6.07, 6.45) is 2.99. The summed E-state index contributed by atoms with van der Waals surface area (Å²) in [6, 6.07) is 9.02. The smallest absolute Gasteiger partial charge is 0.270 e. The van der Waals surface area contributed by atoms with Crippen LogP contribution < -0.4 is 15.8 Å². The summed E-state index contributed by atoms with van der Waals surface area (Å²) in [4.78, 5) is 26.4. The molecule has 0 spiro atoms. The molecule has 1 aromatic carbocycles. The molecule has 0 unspecified atom stereocenters. The maximum atomic E-state index is 15.0. The highest BCUT2D eigenvalue weighted by Gasteiger charge is 2.21. The lowest BCUT2D eigenvalue weighted by Crippen LogP contribution is -2.48. The highest BCUT2D eigenvalue weighted by molar-refractivity contribution is 5.77. The van der Waals surface area contributed by atoms with Crippen molar-refractivity contribution in [2.24, 2.45) is 0 Å². The molecule has 1 fully saturated rings. The summed E-state index contributed by atoms with van der Waals surface area (Å²) in [7, 11) is 0. The molecule has 3 heterocycles. The molecule has 184 valence electrons. The second kappa shape index (κ2) is 10.4. The van der Waals surface area contributed by atoms with E-state index in [9.17, 15) is 10.1 Å². The summed E-state index contributed by atoms with van der Waals surface area (Å²) in [6.45, 7) is 12.0. The number of nitrogens with zero attached hydrogens (tertiary/aromatic N) is 6. The van der Waals surface area contributed by atoms with E-state index >= 15 is 4.39 Å². The van der Waals surface area contributed by atoms with Gasteiger partial charge in [-0.3, -0.25) is 14.3 Å². The monoisotopic (exact) mass is 477 g/mol. The minimum Gasteiger partial charge on any atom is -0.369 e. The normalized spacial score (nSPS) is 14.6. The number of rotatable bonds is 7. The van der Waals surface area contributed by atoms with E-state index in [1.54, 1.807) is 16.8 Å². The van der Waals surface area contributed by atoms with E-state index in [-0.39, 0.29) is 28.8 Å². The van der Waals surface area contributed by atoms with Crippen LogP contribution >= 0.6 is 0 Å². The van der Waals surface area contributed by atoms with Gasteiger partial charge in [-0.25, -0.2) is 9.37 Å². The van der Waals surface area contributed by atoms with Crippen LogP contribution in [-0.2, 0) is 0 Å². The fraction of sp³-hybridized carbons (Fsp3) is 0.462. The lowest BCUT2D eigenvalue weighted by molar-refractivity contribution is 0.209. The Balaban J connectivity index is 1.62. The molecular weight excluding hydrogens is 445 g/mol. The summed E-state index contributed by atoms with van der Waals surface area (Å²) in [5, 5.41) is 13.0. The Kier molecular flexibility index (Phi) is 7.31. The van der Waals surface area contributed by atoms with Gasteiger partial charge in [-0.05, 0) is 51.0 Å². The maximum Gasteiger partial charge on any atom is 0.270 e. The van der Waals surface area contributed by atoms with Crippen molar-refractivity contribution in [3.8, 4) is 6.07 Å². The number of hydrogen-bond donors (Lipinski definition) is 1. The minimum atomic E-state index is -0.394. The van der Waals surface area contributed by atoms with Crippen LogP contribution in [0.15, 0.2) is 35.3 Å². The molecule has 35 heavy (non-hydrogen) atoms. The van der Waals surface area contributed by atoms with Crippen LogP contribution in [0.25, 0.3) is 11.0 Å².